The molecule has 1 aromatic heterocycles. The zero-order chi connectivity index (χ0) is 12.3. The molecule has 7 heteroatoms. The molecule has 1 atom stereocenters. The van der Waals surface area contributed by atoms with Crippen LogP contribution in [0, 0.1) is 5.95 Å². The fraction of sp³-hybridized carbons (Fsp3) is 0.500. The first-order valence-corrected chi connectivity index (χ1v) is 5.90. The van der Waals surface area contributed by atoms with E-state index >= 15 is 0 Å². The normalized spacial score (nSPS) is 20.2. The molecule has 1 fully saturated rings. The zero-order valence-electron chi connectivity index (χ0n) is 8.99. The van der Waals surface area contributed by atoms with Gasteiger partial charge in [0, 0.05) is 6.07 Å². The molecule has 2 heterocycles. The molecule has 0 spiro atoms. The molecular formula is C10H12BrFN2O3. The molecule has 0 aliphatic carbocycles. The molecule has 0 aromatic carbocycles. The summed E-state index contributed by atoms with van der Waals surface area (Å²) in [7, 11) is 0. The predicted molar refractivity (Wildman–Crippen MR) is 62.4 cm³/mol. The highest BCUT2D eigenvalue weighted by atomic mass is 79.9. The van der Waals surface area contributed by atoms with Gasteiger partial charge < -0.3 is 19.9 Å². The molecule has 2 rings (SSSR count). The van der Waals surface area contributed by atoms with Crippen molar-refractivity contribution in [1.29, 1.82) is 0 Å². The summed E-state index contributed by atoms with van der Waals surface area (Å²) in [6.45, 7) is 1.86. The van der Waals surface area contributed by atoms with Crippen molar-refractivity contribution in [2.75, 3.05) is 32.2 Å². The van der Waals surface area contributed by atoms with Crippen molar-refractivity contribution < 1.29 is 18.6 Å². The van der Waals surface area contributed by atoms with E-state index in [1.807, 2.05) is 0 Å². The van der Waals surface area contributed by atoms with E-state index in [4.69, 9.17) is 19.9 Å². The molecule has 1 aliphatic heterocycles. The van der Waals surface area contributed by atoms with Crippen molar-refractivity contribution in [2.24, 2.45) is 0 Å². The van der Waals surface area contributed by atoms with Crippen LogP contribution in [0.5, 0.6) is 5.75 Å². The van der Waals surface area contributed by atoms with Crippen LogP contribution in [0.15, 0.2) is 10.7 Å². The summed E-state index contributed by atoms with van der Waals surface area (Å²) in [6, 6.07) is 1.14. The maximum atomic E-state index is 13.0. The molecule has 5 nitrogen and oxygen atoms in total. The number of nitrogen functional groups attached to an aromatic ring is 1. The Morgan fingerprint density at radius 1 is 1.59 bits per heavy atom. The first-order chi connectivity index (χ1) is 8.16. The Morgan fingerprint density at radius 3 is 3.12 bits per heavy atom. The van der Waals surface area contributed by atoms with Crippen LogP contribution < -0.4 is 10.5 Å². The topological polar surface area (TPSA) is 66.6 Å². The molecule has 0 unspecified atom stereocenters. The second-order valence-corrected chi connectivity index (χ2v) is 4.28. The second-order valence-electron chi connectivity index (χ2n) is 3.53. The molecule has 0 saturated carbocycles. The molecule has 0 bridgehead atoms. The monoisotopic (exact) mass is 306 g/mol. The minimum atomic E-state index is -0.651. The number of hydrogen-bond donors (Lipinski definition) is 1. The van der Waals surface area contributed by atoms with E-state index in [0.29, 0.717) is 19.8 Å². The molecule has 1 aromatic rings. The zero-order valence-corrected chi connectivity index (χ0v) is 10.6. The summed E-state index contributed by atoms with van der Waals surface area (Å²) >= 11 is 3.05. The third kappa shape index (κ3) is 3.27. The van der Waals surface area contributed by atoms with Crippen LogP contribution >= 0.6 is 15.9 Å². The minimum Gasteiger partial charge on any atom is -0.488 e. The SMILES string of the molecule is Nc1c(OC[C@H]2COCCO2)cc(F)nc1Br. The molecule has 94 valence electrons. The van der Waals surface area contributed by atoms with E-state index in [9.17, 15) is 4.39 Å². The van der Waals surface area contributed by atoms with E-state index in [2.05, 4.69) is 20.9 Å². The lowest BCUT2D eigenvalue weighted by Gasteiger charge is -2.23. The average molecular weight is 307 g/mol. The van der Waals surface area contributed by atoms with Crippen molar-refractivity contribution >= 4 is 21.6 Å². The Kier molecular flexibility index (Phi) is 4.14. The number of nitrogens with zero attached hydrogens (tertiary/aromatic N) is 1. The van der Waals surface area contributed by atoms with Gasteiger partial charge in [-0.15, -0.1) is 0 Å². The number of rotatable bonds is 3. The number of pyridine rings is 1. The van der Waals surface area contributed by atoms with Gasteiger partial charge in [-0.1, -0.05) is 0 Å². The van der Waals surface area contributed by atoms with Crippen LogP contribution in [0.25, 0.3) is 0 Å². The fourth-order valence-electron chi connectivity index (χ4n) is 1.41. The predicted octanol–water partition coefficient (Wildman–Crippen LogP) is 1.36. The number of nitrogens with two attached hydrogens (primary N) is 1. The van der Waals surface area contributed by atoms with E-state index in [-0.39, 0.29) is 28.8 Å². The maximum Gasteiger partial charge on any atom is 0.217 e. The van der Waals surface area contributed by atoms with Crippen LogP contribution in [0.1, 0.15) is 0 Å². The molecule has 17 heavy (non-hydrogen) atoms. The van der Waals surface area contributed by atoms with E-state index < -0.39 is 5.95 Å². The van der Waals surface area contributed by atoms with Gasteiger partial charge in [-0.25, -0.2) is 4.98 Å². The van der Waals surface area contributed by atoms with Crippen LogP contribution in [-0.2, 0) is 9.47 Å². The number of anilines is 1. The van der Waals surface area contributed by atoms with Gasteiger partial charge in [-0.2, -0.15) is 4.39 Å². The van der Waals surface area contributed by atoms with Gasteiger partial charge in [-0.05, 0) is 15.9 Å². The summed E-state index contributed by atoms with van der Waals surface area (Å²) in [4.78, 5) is 3.52. The number of halogens is 2. The Balaban J connectivity index is 1.98. The van der Waals surface area contributed by atoms with Crippen molar-refractivity contribution in [1.82, 2.24) is 4.98 Å². The standard InChI is InChI=1S/C10H12BrFN2O3/c11-10-9(13)7(3-8(12)14-10)17-5-6-4-15-1-2-16-6/h3,6H,1-2,4-5,13H2/t6-/m1/s1. The van der Waals surface area contributed by atoms with Gasteiger partial charge in [-0.3, -0.25) is 0 Å². The smallest absolute Gasteiger partial charge is 0.217 e. The van der Waals surface area contributed by atoms with E-state index in [1.165, 1.54) is 0 Å². The summed E-state index contributed by atoms with van der Waals surface area (Å²) in [6.07, 6.45) is -0.154. The summed E-state index contributed by atoms with van der Waals surface area (Å²) in [5.74, 6) is -0.402. The Bertz CT molecular complexity index is 399. The van der Waals surface area contributed by atoms with Gasteiger partial charge in [0.15, 0.2) is 0 Å². The Hall–Kier alpha value is -0.920. The lowest BCUT2D eigenvalue weighted by molar-refractivity contribution is -0.101. The third-order valence-electron chi connectivity index (χ3n) is 2.25. The maximum absolute atomic E-state index is 13.0. The quantitative estimate of drug-likeness (QED) is 0.854. The molecule has 1 aliphatic rings. The summed E-state index contributed by atoms with van der Waals surface area (Å²) in [5, 5.41) is 0. The van der Waals surface area contributed by atoms with Gasteiger partial charge in [0.2, 0.25) is 5.95 Å². The molecular weight excluding hydrogens is 295 g/mol. The Labute approximate surface area is 106 Å². The van der Waals surface area contributed by atoms with Crippen molar-refractivity contribution in [2.45, 2.75) is 6.10 Å². The van der Waals surface area contributed by atoms with Crippen molar-refractivity contribution in [3.63, 3.8) is 0 Å². The Morgan fingerprint density at radius 2 is 2.41 bits per heavy atom. The van der Waals surface area contributed by atoms with Gasteiger partial charge in [0.05, 0.1) is 19.8 Å². The lowest BCUT2D eigenvalue weighted by Crippen LogP contribution is -2.33. The largest absolute Gasteiger partial charge is 0.488 e. The lowest BCUT2D eigenvalue weighted by atomic mass is 10.3. The fourth-order valence-corrected chi connectivity index (χ4v) is 1.77. The van der Waals surface area contributed by atoms with Crippen LogP contribution in [0.4, 0.5) is 10.1 Å². The molecule has 0 radical (unpaired) electrons. The van der Waals surface area contributed by atoms with Gasteiger partial charge >= 0.3 is 0 Å². The number of aromatic nitrogens is 1. The van der Waals surface area contributed by atoms with Crippen LogP contribution in [-0.4, -0.2) is 37.5 Å². The minimum absolute atomic E-state index is 0.154. The second kappa shape index (κ2) is 5.61. The van der Waals surface area contributed by atoms with Crippen LogP contribution in [0.2, 0.25) is 0 Å². The van der Waals surface area contributed by atoms with E-state index in [1.54, 1.807) is 0 Å². The molecule has 2 N–H and O–H groups in total. The number of hydrogen-bond acceptors (Lipinski definition) is 5. The highest BCUT2D eigenvalue weighted by Crippen LogP contribution is 2.28. The highest BCUT2D eigenvalue weighted by molar-refractivity contribution is 9.10. The van der Waals surface area contributed by atoms with Gasteiger partial charge in [0.1, 0.15) is 28.8 Å². The molecule has 0 amide bonds. The van der Waals surface area contributed by atoms with Crippen molar-refractivity contribution in [3.8, 4) is 5.75 Å². The molecule has 1 saturated heterocycles. The van der Waals surface area contributed by atoms with Gasteiger partial charge in [0.25, 0.3) is 0 Å². The summed E-state index contributed by atoms with van der Waals surface area (Å²) < 4.78 is 29.3. The third-order valence-corrected chi connectivity index (χ3v) is 2.86. The highest BCUT2D eigenvalue weighted by Gasteiger charge is 2.16. The van der Waals surface area contributed by atoms with Crippen LogP contribution in [0.3, 0.4) is 0 Å². The average Bonchev–Trinajstić information content (AvgIpc) is 2.33. The summed E-state index contributed by atoms with van der Waals surface area (Å²) in [5.41, 5.74) is 5.96. The number of ether oxygens (including phenoxy) is 3. The first kappa shape index (κ1) is 12.5. The van der Waals surface area contributed by atoms with E-state index in [0.717, 1.165) is 6.07 Å². The van der Waals surface area contributed by atoms with Crippen molar-refractivity contribution in [3.05, 3.63) is 16.6 Å². The first-order valence-electron chi connectivity index (χ1n) is 5.10.